The van der Waals surface area contributed by atoms with Crippen LogP contribution >= 0.6 is 0 Å². The third-order valence-electron chi connectivity index (χ3n) is 2.74. The number of aromatic hydroxyl groups is 1. The Balaban J connectivity index is 2.47. The number of pyridine rings is 2. The molecule has 0 spiro atoms. The van der Waals surface area contributed by atoms with Gasteiger partial charge in [-0.1, -0.05) is 6.07 Å². The Morgan fingerprint density at radius 3 is 3.00 bits per heavy atom. The van der Waals surface area contributed by atoms with Crippen molar-refractivity contribution in [2.75, 3.05) is 0 Å². The summed E-state index contributed by atoms with van der Waals surface area (Å²) < 4.78 is 0. The second-order valence-electron chi connectivity index (χ2n) is 3.83. The van der Waals surface area contributed by atoms with Crippen LogP contribution in [0.4, 0.5) is 0 Å². The maximum atomic E-state index is 10.1. The van der Waals surface area contributed by atoms with E-state index in [9.17, 15) is 5.11 Å². The van der Waals surface area contributed by atoms with E-state index >= 15 is 0 Å². The highest BCUT2D eigenvalue weighted by Gasteiger charge is 2.04. The lowest BCUT2D eigenvalue weighted by Crippen LogP contribution is -1.97. The minimum Gasteiger partial charge on any atom is -0.494 e. The molecule has 0 bridgehead atoms. The Morgan fingerprint density at radius 2 is 2.06 bits per heavy atom. The molecule has 0 fully saturated rings. The highest BCUT2D eigenvalue weighted by molar-refractivity contribution is 5.79. The van der Waals surface area contributed by atoms with Crippen molar-refractivity contribution in [3.63, 3.8) is 0 Å². The van der Waals surface area contributed by atoms with Crippen LogP contribution in [0.25, 0.3) is 22.0 Å². The molecule has 2 aliphatic rings. The zero-order valence-electron chi connectivity index (χ0n) is 9.07. The largest absolute Gasteiger partial charge is 0.494 e. The second kappa shape index (κ2) is 3.83. The van der Waals surface area contributed by atoms with Crippen LogP contribution in [0.1, 0.15) is 0 Å². The lowest BCUT2D eigenvalue weighted by atomic mass is 10.1. The standard InChI is InChI=1S/C13H11N3O/c17-13-11-3-5-14-7-9(11)1-2-10-8-15-6-4-12(10)16-13/h1-8,14,16-17H/p+1. The Bertz CT molecular complexity index is 682. The first-order chi connectivity index (χ1) is 8.34. The zero-order valence-corrected chi connectivity index (χ0v) is 9.07. The molecule has 4 nitrogen and oxygen atoms in total. The van der Waals surface area contributed by atoms with E-state index < -0.39 is 0 Å². The third kappa shape index (κ3) is 1.69. The van der Waals surface area contributed by atoms with Gasteiger partial charge in [-0.2, -0.15) is 0 Å². The lowest BCUT2D eigenvalue weighted by molar-refractivity contribution is -0.375. The van der Waals surface area contributed by atoms with Crippen molar-refractivity contribution in [3.05, 3.63) is 49.1 Å². The topological polar surface area (TPSA) is 65.9 Å². The van der Waals surface area contributed by atoms with Gasteiger partial charge >= 0.3 is 0 Å². The van der Waals surface area contributed by atoms with Crippen molar-refractivity contribution in [1.29, 1.82) is 0 Å². The number of rotatable bonds is 0. The number of aromatic amines is 3. The van der Waals surface area contributed by atoms with Gasteiger partial charge in [-0.3, -0.25) is 0 Å². The molecule has 0 radical (unpaired) electrons. The van der Waals surface area contributed by atoms with E-state index in [1.165, 1.54) is 0 Å². The van der Waals surface area contributed by atoms with E-state index in [-0.39, 0.29) is 5.88 Å². The second-order valence-corrected chi connectivity index (χ2v) is 3.83. The molecule has 1 aromatic rings. The SMILES string of the molecule is Oc1[nH]c2cc[nH+]cc2ccc2c[nH]ccc1-2. The summed E-state index contributed by atoms with van der Waals surface area (Å²) in [6, 6.07) is 7.69. The number of hydrogen-bond donors (Lipinski definition) is 3. The van der Waals surface area contributed by atoms with Crippen molar-refractivity contribution < 1.29 is 10.1 Å². The summed E-state index contributed by atoms with van der Waals surface area (Å²) in [5.41, 5.74) is 2.58. The Labute approximate surface area is 97.6 Å². The molecular formula is C13H12N3O+. The molecule has 3 heterocycles. The van der Waals surface area contributed by atoms with Gasteiger partial charge in [-0.05, 0) is 12.1 Å². The number of H-pyrrole nitrogens is 3. The maximum Gasteiger partial charge on any atom is 0.196 e. The number of aromatic nitrogens is 3. The molecule has 0 unspecified atom stereocenters. The van der Waals surface area contributed by atoms with Crippen molar-refractivity contribution in [1.82, 2.24) is 9.97 Å². The van der Waals surface area contributed by atoms with Gasteiger partial charge in [0.2, 0.25) is 0 Å². The molecule has 0 amide bonds. The van der Waals surface area contributed by atoms with Gasteiger partial charge in [-0.25, -0.2) is 4.98 Å². The number of fused-ring (bicyclic) bond motifs is 2. The fraction of sp³-hybridized carbons (Fsp3) is 0. The highest BCUT2D eigenvalue weighted by atomic mass is 16.3. The molecule has 4 N–H and O–H groups in total. The Hall–Kier alpha value is -2.49. The Morgan fingerprint density at radius 1 is 1.12 bits per heavy atom. The summed E-state index contributed by atoms with van der Waals surface area (Å²) in [5, 5.41) is 11.1. The predicted molar refractivity (Wildman–Crippen MR) is 65.1 cm³/mol. The van der Waals surface area contributed by atoms with Crippen LogP contribution in [0.3, 0.4) is 0 Å². The van der Waals surface area contributed by atoms with Crippen molar-refractivity contribution in [3.8, 4) is 17.0 Å². The predicted octanol–water partition coefficient (Wildman–Crippen LogP) is 2.24. The highest BCUT2D eigenvalue weighted by Crippen LogP contribution is 2.27. The van der Waals surface area contributed by atoms with Crippen molar-refractivity contribution in [2.24, 2.45) is 0 Å². The van der Waals surface area contributed by atoms with Gasteiger partial charge in [0.1, 0.15) is 0 Å². The van der Waals surface area contributed by atoms with Crippen LogP contribution in [0.15, 0.2) is 49.1 Å². The zero-order chi connectivity index (χ0) is 11.7. The van der Waals surface area contributed by atoms with Crippen LogP contribution in [-0.4, -0.2) is 15.1 Å². The smallest absolute Gasteiger partial charge is 0.196 e. The summed E-state index contributed by atoms with van der Waals surface area (Å²) in [4.78, 5) is 9.03. The first kappa shape index (κ1) is 9.72. The minimum atomic E-state index is 0.158. The molecule has 0 atom stereocenters. The average molecular weight is 226 g/mol. The molecule has 0 aromatic carbocycles. The first-order valence-corrected chi connectivity index (χ1v) is 5.36. The molecule has 0 saturated heterocycles. The van der Waals surface area contributed by atoms with E-state index in [1.54, 1.807) is 6.20 Å². The van der Waals surface area contributed by atoms with Crippen LogP contribution < -0.4 is 4.98 Å². The summed E-state index contributed by atoms with van der Waals surface area (Å²) in [5.74, 6) is 0.158. The minimum absolute atomic E-state index is 0.158. The third-order valence-corrected chi connectivity index (χ3v) is 2.74. The first-order valence-electron chi connectivity index (χ1n) is 5.36. The molecular weight excluding hydrogens is 214 g/mol. The molecule has 1 aromatic heterocycles. The van der Waals surface area contributed by atoms with Crippen LogP contribution in [-0.2, 0) is 0 Å². The Kier molecular flexibility index (Phi) is 2.19. The van der Waals surface area contributed by atoms with Crippen LogP contribution in [0.2, 0.25) is 0 Å². The molecule has 84 valence electrons. The summed E-state index contributed by atoms with van der Waals surface area (Å²) in [6.45, 7) is 0. The quantitative estimate of drug-likeness (QED) is 0.540. The lowest BCUT2D eigenvalue weighted by Gasteiger charge is -2.05. The normalized spacial score (nSPS) is 10.6. The fourth-order valence-corrected chi connectivity index (χ4v) is 1.87. The molecule has 4 heteroatoms. The fourth-order valence-electron chi connectivity index (χ4n) is 1.87. The van der Waals surface area contributed by atoms with Gasteiger partial charge in [0.25, 0.3) is 0 Å². The van der Waals surface area contributed by atoms with E-state index in [1.807, 2.05) is 42.9 Å². The monoisotopic (exact) mass is 226 g/mol. The molecule has 0 saturated carbocycles. The van der Waals surface area contributed by atoms with E-state index in [0.717, 1.165) is 22.0 Å². The van der Waals surface area contributed by atoms with Gasteiger partial charge in [0, 0.05) is 29.6 Å². The molecule has 17 heavy (non-hydrogen) atoms. The molecule has 3 rings (SSSR count). The van der Waals surface area contributed by atoms with E-state index in [4.69, 9.17) is 0 Å². The number of nitrogens with one attached hydrogen (secondary N) is 3. The van der Waals surface area contributed by atoms with Crippen molar-refractivity contribution >= 4 is 10.9 Å². The molecule has 2 aliphatic heterocycles. The van der Waals surface area contributed by atoms with Gasteiger partial charge < -0.3 is 15.1 Å². The van der Waals surface area contributed by atoms with Gasteiger partial charge in [0.15, 0.2) is 18.3 Å². The van der Waals surface area contributed by atoms with E-state index in [0.29, 0.717) is 0 Å². The van der Waals surface area contributed by atoms with Crippen LogP contribution in [0.5, 0.6) is 5.88 Å². The summed E-state index contributed by atoms with van der Waals surface area (Å²) >= 11 is 0. The average Bonchev–Trinajstić information content (AvgIpc) is 2.36. The van der Waals surface area contributed by atoms with Gasteiger partial charge in [0.05, 0.1) is 10.9 Å². The summed E-state index contributed by atoms with van der Waals surface area (Å²) in [6.07, 6.45) is 7.32. The van der Waals surface area contributed by atoms with Gasteiger partial charge in [-0.15, -0.1) is 0 Å². The van der Waals surface area contributed by atoms with Crippen LogP contribution in [0, 0.1) is 0 Å². The van der Waals surface area contributed by atoms with Crippen molar-refractivity contribution in [2.45, 2.75) is 0 Å². The maximum absolute atomic E-state index is 10.1. The number of hydrogen-bond acceptors (Lipinski definition) is 1. The summed E-state index contributed by atoms with van der Waals surface area (Å²) in [7, 11) is 0. The molecule has 0 aliphatic carbocycles. The van der Waals surface area contributed by atoms with E-state index in [2.05, 4.69) is 15.0 Å².